The second-order valence-electron chi connectivity index (χ2n) is 4.96. The van der Waals surface area contributed by atoms with E-state index < -0.39 is 0 Å². The molecule has 1 heterocycles. The predicted octanol–water partition coefficient (Wildman–Crippen LogP) is 1.93. The maximum absolute atomic E-state index is 11.2. The Kier molecular flexibility index (Phi) is 4.39. The van der Waals surface area contributed by atoms with Crippen LogP contribution in [0.15, 0.2) is 23.0 Å². The number of benzene rings is 1. The Morgan fingerprint density at radius 2 is 2.00 bits per heavy atom. The molecule has 2 atom stereocenters. The maximum atomic E-state index is 11.2. The van der Waals surface area contributed by atoms with Gasteiger partial charge in [-0.15, -0.1) is 0 Å². The molecule has 0 fully saturated rings. The summed E-state index contributed by atoms with van der Waals surface area (Å²) in [5, 5.41) is 3.52. The summed E-state index contributed by atoms with van der Waals surface area (Å²) >= 11 is 0. The van der Waals surface area contributed by atoms with Crippen LogP contribution < -0.4 is 11.0 Å². The van der Waals surface area contributed by atoms with E-state index >= 15 is 0 Å². The molecule has 1 aromatic carbocycles. The van der Waals surface area contributed by atoms with Crippen LogP contribution in [-0.2, 0) is 4.74 Å². The quantitative estimate of drug-likeness (QED) is 0.746. The van der Waals surface area contributed by atoms with Crippen molar-refractivity contribution in [2.24, 2.45) is 0 Å². The number of ether oxygens (including phenoxy) is 1. The molecule has 5 heteroatoms. The van der Waals surface area contributed by atoms with Crippen molar-refractivity contribution in [1.82, 2.24) is 15.3 Å². The van der Waals surface area contributed by atoms with Crippen LogP contribution in [0.4, 0.5) is 0 Å². The molecule has 19 heavy (non-hydrogen) atoms. The molecular formula is C14H21N3O2. The first-order valence-electron chi connectivity index (χ1n) is 6.57. The van der Waals surface area contributed by atoms with Gasteiger partial charge in [0.15, 0.2) is 0 Å². The Labute approximate surface area is 112 Å². The SMILES string of the molecule is COCCC(C)NC(C)c1ccc2[nH]c(=O)[nH]c2c1. The van der Waals surface area contributed by atoms with Gasteiger partial charge in [0.1, 0.15) is 0 Å². The number of methoxy groups -OCH3 is 1. The molecule has 104 valence electrons. The molecule has 1 aromatic heterocycles. The van der Waals surface area contributed by atoms with Crippen molar-refractivity contribution in [3.63, 3.8) is 0 Å². The van der Waals surface area contributed by atoms with Crippen molar-refractivity contribution >= 4 is 11.0 Å². The van der Waals surface area contributed by atoms with Crippen LogP contribution in [0.1, 0.15) is 31.9 Å². The van der Waals surface area contributed by atoms with Gasteiger partial charge in [-0.1, -0.05) is 6.07 Å². The summed E-state index contributed by atoms with van der Waals surface area (Å²) in [5.41, 5.74) is 2.68. The second kappa shape index (κ2) is 6.04. The Morgan fingerprint density at radius 1 is 1.26 bits per heavy atom. The first-order chi connectivity index (χ1) is 9.10. The highest BCUT2D eigenvalue weighted by atomic mass is 16.5. The van der Waals surface area contributed by atoms with Crippen molar-refractivity contribution in [3.8, 4) is 0 Å². The Balaban J connectivity index is 2.08. The van der Waals surface area contributed by atoms with E-state index in [2.05, 4.69) is 29.1 Å². The summed E-state index contributed by atoms with van der Waals surface area (Å²) in [5.74, 6) is 0. The number of aromatic nitrogens is 2. The minimum absolute atomic E-state index is 0.166. The van der Waals surface area contributed by atoms with Crippen LogP contribution in [0.5, 0.6) is 0 Å². The number of rotatable bonds is 6. The molecule has 5 nitrogen and oxygen atoms in total. The third kappa shape index (κ3) is 3.45. The number of hydrogen-bond acceptors (Lipinski definition) is 3. The lowest BCUT2D eigenvalue weighted by atomic mass is 10.1. The highest BCUT2D eigenvalue weighted by Gasteiger charge is 2.10. The van der Waals surface area contributed by atoms with Crippen LogP contribution in [0.25, 0.3) is 11.0 Å². The van der Waals surface area contributed by atoms with Crippen LogP contribution >= 0.6 is 0 Å². The molecule has 0 saturated carbocycles. The zero-order valence-electron chi connectivity index (χ0n) is 11.6. The highest BCUT2D eigenvalue weighted by Crippen LogP contribution is 2.17. The Morgan fingerprint density at radius 3 is 2.74 bits per heavy atom. The third-order valence-corrected chi connectivity index (χ3v) is 3.33. The molecule has 2 unspecified atom stereocenters. The van der Waals surface area contributed by atoms with Gasteiger partial charge in [-0.25, -0.2) is 4.79 Å². The summed E-state index contributed by atoms with van der Waals surface area (Å²) in [6.07, 6.45) is 0.976. The van der Waals surface area contributed by atoms with E-state index in [9.17, 15) is 4.79 Å². The number of H-pyrrole nitrogens is 2. The average Bonchev–Trinajstić information content (AvgIpc) is 2.75. The van der Waals surface area contributed by atoms with Gasteiger partial charge in [-0.3, -0.25) is 0 Å². The fourth-order valence-corrected chi connectivity index (χ4v) is 2.22. The molecule has 0 radical (unpaired) electrons. The molecule has 0 bridgehead atoms. The van der Waals surface area contributed by atoms with Gasteiger partial charge in [0.25, 0.3) is 0 Å². The van der Waals surface area contributed by atoms with Gasteiger partial charge >= 0.3 is 5.69 Å². The van der Waals surface area contributed by atoms with E-state index in [4.69, 9.17) is 4.74 Å². The zero-order valence-corrected chi connectivity index (χ0v) is 11.6. The Hall–Kier alpha value is -1.59. The summed E-state index contributed by atoms with van der Waals surface area (Å²) in [6.45, 7) is 5.02. The van der Waals surface area contributed by atoms with Crippen molar-refractivity contribution in [2.45, 2.75) is 32.4 Å². The van der Waals surface area contributed by atoms with E-state index in [0.29, 0.717) is 6.04 Å². The molecule has 0 saturated heterocycles. The summed E-state index contributed by atoms with van der Waals surface area (Å²) in [4.78, 5) is 16.8. The minimum atomic E-state index is -0.166. The third-order valence-electron chi connectivity index (χ3n) is 3.33. The van der Waals surface area contributed by atoms with E-state index in [1.165, 1.54) is 0 Å². The van der Waals surface area contributed by atoms with E-state index in [0.717, 1.165) is 29.6 Å². The van der Waals surface area contributed by atoms with Crippen molar-refractivity contribution in [3.05, 3.63) is 34.2 Å². The summed E-state index contributed by atoms with van der Waals surface area (Å²) in [6, 6.07) is 6.59. The smallest absolute Gasteiger partial charge is 0.323 e. The van der Waals surface area contributed by atoms with Gasteiger partial charge < -0.3 is 20.0 Å². The zero-order chi connectivity index (χ0) is 13.8. The molecule has 0 spiro atoms. The molecule has 0 amide bonds. The average molecular weight is 263 g/mol. The minimum Gasteiger partial charge on any atom is -0.385 e. The monoisotopic (exact) mass is 263 g/mol. The van der Waals surface area contributed by atoms with Gasteiger partial charge in [0, 0.05) is 25.8 Å². The number of hydrogen-bond donors (Lipinski definition) is 3. The van der Waals surface area contributed by atoms with Crippen LogP contribution in [0, 0.1) is 0 Å². The molecular weight excluding hydrogens is 242 g/mol. The van der Waals surface area contributed by atoms with Crippen LogP contribution in [0.3, 0.4) is 0 Å². The molecule has 0 aliphatic carbocycles. The van der Waals surface area contributed by atoms with Crippen molar-refractivity contribution < 1.29 is 4.74 Å². The second-order valence-corrected chi connectivity index (χ2v) is 4.96. The van der Waals surface area contributed by atoms with E-state index in [1.807, 2.05) is 18.2 Å². The topological polar surface area (TPSA) is 69.9 Å². The molecule has 0 aliphatic rings. The summed E-state index contributed by atoms with van der Waals surface area (Å²) in [7, 11) is 1.71. The lowest BCUT2D eigenvalue weighted by molar-refractivity contribution is 0.183. The fourth-order valence-electron chi connectivity index (χ4n) is 2.22. The maximum Gasteiger partial charge on any atom is 0.323 e. The molecule has 2 aromatic rings. The molecule has 0 aliphatic heterocycles. The first-order valence-corrected chi connectivity index (χ1v) is 6.57. The Bertz CT molecular complexity index is 588. The van der Waals surface area contributed by atoms with Gasteiger partial charge in [0.2, 0.25) is 0 Å². The van der Waals surface area contributed by atoms with Crippen molar-refractivity contribution in [1.29, 1.82) is 0 Å². The standard InChI is InChI=1S/C14H21N3O2/c1-9(6-7-19-3)15-10(2)11-4-5-12-13(8-11)17-14(18)16-12/h4-5,8-10,15H,6-7H2,1-3H3,(H2,16,17,18). The number of aromatic amines is 2. The highest BCUT2D eigenvalue weighted by molar-refractivity contribution is 5.75. The van der Waals surface area contributed by atoms with E-state index in [1.54, 1.807) is 7.11 Å². The predicted molar refractivity (Wildman–Crippen MR) is 76.4 cm³/mol. The van der Waals surface area contributed by atoms with Crippen molar-refractivity contribution in [2.75, 3.05) is 13.7 Å². The van der Waals surface area contributed by atoms with Gasteiger partial charge in [-0.2, -0.15) is 0 Å². The molecule has 2 rings (SSSR count). The van der Waals surface area contributed by atoms with Gasteiger partial charge in [-0.05, 0) is 38.0 Å². The summed E-state index contributed by atoms with van der Waals surface area (Å²) < 4.78 is 5.08. The largest absolute Gasteiger partial charge is 0.385 e. The fraction of sp³-hybridized carbons (Fsp3) is 0.500. The lowest BCUT2D eigenvalue weighted by Gasteiger charge is -2.20. The normalized spacial score (nSPS) is 14.7. The van der Waals surface area contributed by atoms with Gasteiger partial charge in [0.05, 0.1) is 11.0 Å². The first kappa shape index (κ1) is 13.8. The number of fused-ring (bicyclic) bond motifs is 1. The lowest BCUT2D eigenvalue weighted by Crippen LogP contribution is -2.29. The van der Waals surface area contributed by atoms with Crippen LogP contribution in [-0.4, -0.2) is 29.7 Å². The number of imidazole rings is 1. The van der Waals surface area contributed by atoms with E-state index in [-0.39, 0.29) is 11.7 Å². The van der Waals surface area contributed by atoms with Crippen LogP contribution in [0.2, 0.25) is 0 Å². The number of nitrogens with one attached hydrogen (secondary N) is 3. The molecule has 3 N–H and O–H groups in total.